The number of aliphatic hydroxyl groups excluding tert-OH is 1. The fraction of sp³-hybridized carbons (Fsp3) is 0.643. The van der Waals surface area contributed by atoms with E-state index in [4.69, 9.17) is 11.6 Å². The molecule has 0 saturated carbocycles. The van der Waals surface area contributed by atoms with Gasteiger partial charge in [-0.15, -0.1) is 11.3 Å². The lowest BCUT2D eigenvalue weighted by Gasteiger charge is -2.30. The highest BCUT2D eigenvalue weighted by molar-refractivity contribution is 7.18. The van der Waals surface area contributed by atoms with Gasteiger partial charge in [-0.1, -0.05) is 11.6 Å². The summed E-state index contributed by atoms with van der Waals surface area (Å²) in [5.74, 6) is 0.0831. The number of rotatable bonds is 5. The molecule has 1 N–H and O–H groups in total. The summed E-state index contributed by atoms with van der Waals surface area (Å²) in [6, 6.07) is 3.52. The molecule has 1 aromatic rings. The van der Waals surface area contributed by atoms with Gasteiger partial charge in [-0.3, -0.25) is 9.69 Å². The van der Waals surface area contributed by atoms with Gasteiger partial charge >= 0.3 is 0 Å². The zero-order valence-corrected chi connectivity index (χ0v) is 13.6. The molecular weight excluding hydrogens is 296 g/mol. The largest absolute Gasteiger partial charge is 0.392 e. The molecule has 1 aliphatic heterocycles. The Hall–Kier alpha value is -0.460. The molecule has 1 aliphatic rings. The van der Waals surface area contributed by atoms with Gasteiger partial charge in [-0.2, -0.15) is 0 Å². The third-order valence-electron chi connectivity index (χ3n) is 3.70. The number of Topliss-reactive ketones (excluding diaryl/α,β-unsaturated/α-hetero) is 1. The van der Waals surface area contributed by atoms with Gasteiger partial charge in [0.25, 0.3) is 0 Å². The maximum Gasteiger partial charge on any atom is 0.189 e. The van der Waals surface area contributed by atoms with Gasteiger partial charge in [0.05, 0.1) is 21.4 Å². The molecule has 0 bridgehead atoms. The third kappa shape index (κ3) is 3.59. The fourth-order valence-corrected chi connectivity index (χ4v) is 3.86. The van der Waals surface area contributed by atoms with E-state index in [-0.39, 0.29) is 24.0 Å². The van der Waals surface area contributed by atoms with Gasteiger partial charge in [0.15, 0.2) is 5.78 Å². The summed E-state index contributed by atoms with van der Waals surface area (Å²) in [7, 11) is 4.02. The molecule has 3 atom stereocenters. The standard InChI is InChI=1S/C14H21ClN2O2S/c1-9(14(19)12-4-5-13(15)20-12)17-8-11(18)6-10(17)7-16(2)3/h4-5,9-11,18H,6-8H2,1-3H3. The molecule has 0 aliphatic carbocycles. The van der Waals surface area contributed by atoms with Gasteiger partial charge < -0.3 is 10.0 Å². The predicted molar refractivity (Wildman–Crippen MR) is 82.8 cm³/mol. The highest BCUT2D eigenvalue weighted by Gasteiger charge is 2.37. The normalized spacial score (nSPS) is 25.3. The number of halogens is 1. The molecular formula is C14H21ClN2O2S. The van der Waals surface area contributed by atoms with E-state index in [1.165, 1.54) is 11.3 Å². The van der Waals surface area contributed by atoms with Crippen molar-refractivity contribution in [1.29, 1.82) is 0 Å². The van der Waals surface area contributed by atoms with Crippen LogP contribution >= 0.6 is 22.9 Å². The number of thiophene rings is 1. The number of hydrogen-bond acceptors (Lipinski definition) is 5. The van der Waals surface area contributed by atoms with Crippen molar-refractivity contribution >= 4 is 28.7 Å². The summed E-state index contributed by atoms with van der Waals surface area (Å²) in [6.07, 6.45) is 0.378. The minimum Gasteiger partial charge on any atom is -0.392 e. The van der Waals surface area contributed by atoms with E-state index in [1.807, 2.05) is 21.0 Å². The van der Waals surface area contributed by atoms with Crippen LogP contribution in [-0.2, 0) is 0 Å². The van der Waals surface area contributed by atoms with Crippen molar-refractivity contribution in [3.05, 3.63) is 21.3 Å². The molecule has 2 heterocycles. The Morgan fingerprint density at radius 2 is 2.30 bits per heavy atom. The van der Waals surface area contributed by atoms with E-state index in [1.54, 1.807) is 12.1 Å². The van der Waals surface area contributed by atoms with Crippen LogP contribution in [0.25, 0.3) is 0 Å². The minimum atomic E-state index is -0.345. The van der Waals surface area contributed by atoms with Crippen LogP contribution < -0.4 is 0 Å². The van der Waals surface area contributed by atoms with Crippen molar-refractivity contribution < 1.29 is 9.90 Å². The molecule has 0 aromatic carbocycles. The quantitative estimate of drug-likeness (QED) is 0.844. The van der Waals surface area contributed by atoms with Crippen LogP contribution in [0.4, 0.5) is 0 Å². The second kappa shape index (κ2) is 6.54. The molecule has 4 nitrogen and oxygen atoms in total. The molecule has 3 unspecified atom stereocenters. The molecule has 0 spiro atoms. The van der Waals surface area contributed by atoms with Crippen LogP contribution in [-0.4, -0.2) is 66.1 Å². The average molecular weight is 317 g/mol. The maximum absolute atomic E-state index is 12.5. The van der Waals surface area contributed by atoms with Gasteiger partial charge in [0, 0.05) is 19.1 Å². The molecule has 6 heteroatoms. The summed E-state index contributed by atoms with van der Waals surface area (Å²) in [5, 5.41) is 9.90. The molecule has 1 aromatic heterocycles. The third-order valence-corrected chi connectivity index (χ3v) is 4.95. The summed E-state index contributed by atoms with van der Waals surface area (Å²) in [4.78, 5) is 17.4. The van der Waals surface area contributed by atoms with Crippen LogP contribution in [0.15, 0.2) is 12.1 Å². The Morgan fingerprint density at radius 1 is 1.60 bits per heavy atom. The molecule has 1 saturated heterocycles. The van der Waals surface area contributed by atoms with E-state index in [2.05, 4.69) is 9.80 Å². The van der Waals surface area contributed by atoms with Gasteiger partial charge in [-0.05, 0) is 39.6 Å². The van der Waals surface area contributed by atoms with Crippen LogP contribution in [0, 0.1) is 0 Å². The van der Waals surface area contributed by atoms with E-state index < -0.39 is 0 Å². The van der Waals surface area contributed by atoms with Crippen LogP contribution in [0.1, 0.15) is 23.0 Å². The van der Waals surface area contributed by atoms with Crippen LogP contribution in [0.2, 0.25) is 4.34 Å². The molecule has 0 amide bonds. The lowest BCUT2D eigenvalue weighted by atomic mass is 10.1. The number of aliphatic hydroxyl groups is 1. The second-order valence-corrected chi connectivity index (χ2v) is 7.36. The summed E-state index contributed by atoms with van der Waals surface area (Å²) in [5.41, 5.74) is 0. The molecule has 0 radical (unpaired) electrons. The number of carbonyl (C=O) groups excluding carboxylic acids is 1. The van der Waals surface area contributed by atoms with Crippen LogP contribution in [0.5, 0.6) is 0 Å². The Balaban J connectivity index is 2.10. The van der Waals surface area contributed by atoms with Crippen molar-refractivity contribution in [2.24, 2.45) is 0 Å². The van der Waals surface area contributed by atoms with Gasteiger partial charge in [0.2, 0.25) is 0 Å². The first kappa shape index (κ1) is 15.9. The monoisotopic (exact) mass is 316 g/mol. The first-order valence-corrected chi connectivity index (χ1v) is 7.96. The van der Waals surface area contributed by atoms with Crippen molar-refractivity contribution in [2.45, 2.75) is 31.5 Å². The summed E-state index contributed by atoms with van der Waals surface area (Å²) >= 11 is 7.21. The second-order valence-electron chi connectivity index (χ2n) is 5.65. The predicted octanol–water partition coefficient (Wildman–Crippen LogP) is 1.97. The molecule has 20 heavy (non-hydrogen) atoms. The number of hydrogen-bond donors (Lipinski definition) is 1. The number of carbonyl (C=O) groups is 1. The number of likely N-dealkylation sites (tertiary alicyclic amines) is 1. The van der Waals surface area contributed by atoms with Crippen molar-refractivity contribution in [3.8, 4) is 0 Å². The zero-order chi connectivity index (χ0) is 14.9. The van der Waals surface area contributed by atoms with E-state index >= 15 is 0 Å². The first-order valence-electron chi connectivity index (χ1n) is 6.76. The zero-order valence-electron chi connectivity index (χ0n) is 12.0. The number of ketones is 1. The number of nitrogens with zero attached hydrogens (tertiary/aromatic N) is 2. The van der Waals surface area contributed by atoms with Gasteiger partial charge in [-0.25, -0.2) is 0 Å². The first-order chi connectivity index (χ1) is 9.38. The Labute approximate surface area is 128 Å². The highest BCUT2D eigenvalue weighted by Crippen LogP contribution is 2.27. The number of β-amino-alcohol motifs (C(OH)–C–C–N with tert-alkyl or cyclic N) is 1. The van der Waals surface area contributed by atoms with Crippen molar-refractivity contribution in [3.63, 3.8) is 0 Å². The smallest absolute Gasteiger partial charge is 0.189 e. The molecule has 1 fully saturated rings. The lowest BCUT2D eigenvalue weighted by Crippen LogP contribution is -2.46. The maximum atomic E-state index is 12.5. The number of likely N-dealkylation sites (N-methyl/N-ethyl adjacent to an activating group) is 1. The van der Waals surface area contributed by atoms with Crippen LogP contribution in [0.3, 0.4) is 0 Å². The minimum absolute atomic E-state index is 0.0831. The SMILES string of the molecule is CC(C(=O)c1ccc(Cl)s1)N1CC(O)CC1CN(C)C. The van der Waals surface area contributed by atoms with Crippen molar-refractivity contribution in [2.75, 3.05) is 27.2 Å². The fourth-order valence-electron chi connectivity index (χ4n) is 2.79. The highest BCUT2D eigenvalue weighted by atomic mass is 35.5. The summed E-state index contributed by atoms with van der Waals surface area (Å²) < 4.78 is 0.631. The molecule has 112 valence electrons. The Morgan fingerprint density at radius 3 is 2.85 bits per heavy atom. The summed E-state index contributed by atoms with van der Waals surface area (Å²) in [6.45, 7) is 3.32. The Bertz CT molecular complexity index is 477. The van der Waals surface area contributed by atoms with E-state index in [0.717, 1.165) is 13.0 Å². The average Bonchev–Trinajstić information content (AvgIpc) is 2.93. The van der Waals surface area contributed by atoms with Gasteiger partial charge in [0.1, 0.15) is 0 Å². The van der Waals surface area contributed by atoms with Crippen molar-refractivity contribution in [1.82, 2.24) is 9.80 Å². The Kier molecular flexibility index (Phi) is 5.20. The van der Waals surface area contributed by atoms with E-state index in [0.29, 0.717) is 15.8 Å². The lowest BCUT2D eigenvalue weighted by molar-refractivity contribution is 0.0787. The topological polar surface area (TPSA) is 43.8 Å². The van der Waals surface area contributed by atoms with E-state index in [9.17, 15) is 9.90 Å². The molecule has 2 rings (SSSR count).